The van der Waals surface area contributed by atoms with Gasteiger partial charge in [0.2, 0.25) is 0 Å². The van der Waals surface area contributed by atoms with Crippen LogP contribution < -0.4 is 9.47 Å². The third-order valence-corrected chi connectivity index (χ3v) is 3.20. The van der Waals surface area contributed by atoms with Crippen LogP contribution in [0.3, 0.4) is 0 Å². The minimum atomic E-state index is -0.523. The number of hydrogen-bond donors (Lipinski definition) is 1. The van der Waals surface area contributed by atoms with E-state index in [0.29, 0.717) is 24.5 Å². The maximum Gasteiger partial charge on any atom is 0.169 e. The van der Waals surface area contributed by atoms with Gasteiger partial charge in [0.25, 0.3) is 0 Å². The normalized spacial score (nSPS) is 12.0. The zero-order chi connectivity index (χ0) is 15.1. The van der Waals surface area contributed by atoms with E-state index in [1.165, 1.54) is 0 Å². The Bertz CT molecular complexity index is 566. The van der Waals surface area contributed by atoms with Gasteiger partial charge in [-0.1, -0.05) is 44.2 Å². The number of ether oxygens (including phenoxy) is 2. The van der Waals surface area contributed by atoms with Gasteiger partial charge in [-0.3, -0.25) is 0 Å². The molecule has 0 aromatic heterocycles. The average Bonchev–Trinajstić information content (AvgIpc) is 2.54. The summed E-state index contributed by atoms with van der Waals surface area (Å²) in [5, 5.41) is 10.1. The summed E-state index contributed by atoms with van der Waals surface area (Å²) < 4.78 is 11.7. The monoisotopic (exact) mass is 286 g/mol. The molecule has 21 heavy (non-hydrogen) atoms. The van der Waals surface area contributed by atoms with Crippen molar-refractivity contribution in [1.29, 1.82) is 0 Å². The highest BCUT2D eigenvalue weighted by atomic mass is 16.5. The van der Waals surface area contributed by atoms with Crippen molar-refractivity contribution in [2.24, 2.45) is 0 Å². The number of para-hydroxylation sites is 3. The molecule has 3 nitrogen and oxygen atoms in total. The molecule has 0 aliphatic carbocycles. The van der Waals surface area contributed by atoms with Crippen LogP contribution in [0, 0.1) is 0 Å². The van der Waals surface area contributed by atoms with Gasteiger partial charge in [-0.15, -0.1) is 0 Å². The van der Waals surface area contributed by atoms with E-state index >= 15 is 0 Å². The van der Waals surface area contributed by atoms with Crippen molar-refractivity contribution < 1.29 is 14.6 Å². The zero-order valence-electron chi connectivity index (χ0n) is 12.6. The van der Waals surface area contributed by atoms with Gasteiger partial charge in [-0.25, -0.2) is 0 Å². The second kappa shape index (κ2) is 7.70. The lowest BCUT2D eigenvalue weighted by Crippen LogP contribution is -2.00. The fourth-order valence-corrected chi connectivity index (χ4v) is 2.05. The Labute approximate surface area is 126 Å². The van der Waals surface area contributed by atoms with Gasteiger partial charge in [0.15, 0.2) is 11.5 Å². The molecule has 0 amide bonds. The van der Waals surface area contributed by atoms with Gasteiger partial charge in [0.1, 0.15) is 5.75 Å². The fraction of sp³-hybridized carbons (Fsp3) is 0.333. The number of benzene rings is 2. The Morgan fingerprint density at radius 2 is 1.52 bits per heavy atom. The van der Waals surface area contributed by atoms with E-state index in [2.05, 4.69) is 6.92 Å². The van der Waals surface area contributed by atoms with Crippen molar-refractivity contribution in [3.63, 3.8) is 0 Å². The predicted octanol–water partition coefficient (Wildman–Crippen LogP) is 4.71. The largest absolute Gasteiger partial charge is 0.490 e. The number of aliphatic hydroxyl groups excluding tert-OH is 1. The third-order valence-electron chi connectivity index (χ3n) is 3.20. The molecule has 3 heteroatoms. The summed E-state index contributed by atoms with van der Waals surface area (Å²) in [6.07, 6.45) is 1.07. The van der Waals surface area contributed by atoms with Crippen LogP contribution in [0.15, 0.2) is 48.5 Å². The van der Waals surface area contributed by atoms with Gasteiger partial charge in [-0.05, 0) is 31.0 Å². The summed E-state index contributed by atoms with van der Waals surface area (Å²) in [5.41, 5.74) is 0.797. The van der Waals surface area contributed by atoms with E-state index in [1.807, 2.05) is 55.5 Å². The standard InChI is InChI=1S/C18H22O3/c1-3-13-20-17-11-7-8-12-18(17)21-16-10-6-5-9-14(16)15(19)4-2/h5-12,15,19H,3-4,13H2,1-2H3. The lowest BCUT2D eigenvalue weighted by Gasteiger charge is -2.16. The number of aliphatic hydroxyl groups is 1. The van der Waals surface area contributed by atoms with Crippen LogP contribution in [0.1, 0.15) is 38.4 Å². The van der Waals surface area contributed by atoms with Crippen LogP contribution in [0.25, 0.3) is 0 Å². The van der Waals surface area contributed by atoms with Crippen LogP contribution in [0.4, 0.5) is 0 Å². The van der Waals surface area contributed by atoms with Crippen LogP contribution >= 0.6 is 0 Å². The van der Waals surface area contributed by atoms with Crippen molar-refractivity contribution in [3.8, 4) is 17.2 Å². The van der Waals surface area contributed by atoms with E-state index in [1.54, 1.807) is 0 Å². The first-order valence-electron chi connectivity index (χ1n) is 7.43. The summed E-state index contributed by atoms with van der Waals surface area (Å²) in [6, 6.07) is 15.2. The van der Waals surface area contributed by atoms with E-state index < -0.39 is 6.10 Å². The molecule has 1 atom stereocenters. The Balaban J connectivity index is 2.26. The first-order chi connectivity index (χ1) is 10.3. The third kappa shape index (κ3) is 3.99. The summed E-state index contributed by atoms with van der Waals surface area (Å²) in [4.78, 5) is 0. The molecule has 2 aromatic carbocycles. The predicted molar refractivity (Wildman–Crippen MR) is 84.0 cm³/mol. The molecule has 0 saturated heterocycles. The van der Waals surface area contributed by atoms with Crippen molar-refractivity contribution >= 4 is 0 Å². The molecule has 0 radical (unpaired) electrons. The maximum absolute atomic E-state index is 10.1. The molecule has 2 rings (SSSR count). The summed E-state index contributed by atoms with van der Waals surface area (Å²) in [6.45, 7) is 4.66. The van der Waals surface area contributed by atoms with E-state index in [-0.39, 0.29) is 0 Å². The first kappa shape index (κ1) is 15.4. The second-order valence-electron chi connectivity index (χ2n) is 4.86. The SMILES string of the molecule is CCCOc1ccccc1Oc1ccccc1C(O)CC. The van der Waals surface area contributed by atoms with Crippen LogP contribution in [-0.2, 0) is 0 Å². The highest BCUT2D eigenvalue weighted by Gasteiger charge is 2.13. The molecular weight excluding hydrogens is 264 g/mol. The zero-order valence-corrected chi connectivity index (χ0v) is 12.6. The molecule has 1 unspecified atom stereocenters. The molecule has 0 heterocycles. The quantitative estimate of drug-likeness (QED) is 0.801. The van der Waals surface area contributed by atoms with Gasteiger partial charge >= 0.3 is 0 Å². The smallest absolute Gasteiger partial charge is 0.169 e. The highest BCUT2D eigenvalue weighted by molar-refractivity contribution is 5.45. The molecule has 0 aliphatic rings. The summed E-state index contributed by atoms with van der Waals surface area (Å²) >= 11 is 0. The minimum absolute atomic E-state index is 0.523. The average molecular weight is 286 g/mol. The molecule has 0 bridgehead atoms. The molecule has 0 spiro atoms. The van der Waals surface area contributed by atoms with Gasteiger partial charge < -0.3 is 14.6 Å². The van der Waals surface area contributed by atoms with E-state index in [0.717, 1.165) is 17.7 Å². The van der Waals surface area contributed by atoms with Crippen LogP contribution in [0.5, 0.6) is 17.2 Å². The van der Waals surface area contributed by atoms with Gasteiger partial charge in [0, 0.05) is 5.56 Å². The van der Waals surface area contributed by atoms with Crippen molar-refractivity contribution in [3.05, 3.63) is 54.1 Å². The topological polar surface area (TPSA) is 38.7 Å². The molecular formula is C18H22O3. The molecule has 112 valence electrons. The fourth-order valence-electron chi connectivity index (χ4n) is 2.05. The Hall–Kier alpha value is -2.00. The summed E-state index contributed by atoms with van der Waals surface area (Å²) in [5.74, 6) is 2.06. The second-order valence-corrected chi connectivity index (χ2v) is 4.86. The van der Waals surface area contributed by atoms with E-state index in [9.17, 15) is 5.11 Å². The number of hydrogen-bond acceptors (Lipinski definition) is 3. The van der Waals surface area contributed by atoms with Crippen molar-refractivity contribution in [2.45, 2.75) is 32.8 Å². The molecule has 0 fully saturated rings. The van der Waals surface area contributed by atoms with E-state index in [4.69, 9.17) is 9.47 Å². The Morgan fingerprint density at radius 3 is 2.19 bits per heavy atom. The number of rotatable bonds is 7. The lowest BCUT2D eigenvalue weighted by atomic mass is 10.1. The Morgan fingerprint density at radius 1 is 0.905 bits per heavy atom. The van der Waals surface area contributed by atoms with Crippen molar-refractivity contribution in [2.75, 3.05) is 6.61 Å². The van der Waals surface area contributed by atoms with Gasteiger partial charge in [0.05, 0.1) is 12.7 Å². The Kier molecular flexibility index (Phi) is 5.64. The summed E-state index contributed by atoms with van der Waals surface area (Å²) in [7, 11) is 0. The van der Waals surface area contributed by atoms with Gasteiger partial charge in [-0.2, -0.15) is 0 Å². The molecule has 2 aromatic rings. The van der Waals surface area contributed by atoms with Crippen molar-refractivity contribution in [1.82, 2.24) is 0 Å². The highest BCUT2D eigenvalue weighted by Crippen LogP contribution is 2.35. The minimum Gasteiger partial charge on any atom is -0.490 e. The molecule has 1 N–H and O–H groups in total. The first-order valence-corrected chi connectivity index (χ1v) is 7.43. The van der Waals surface area contributed by atoms with Crippen LogP contribution in [-0.4, -0.2) is 11.7 Å². The maximum atomic E-state index is 10.1. The molecule has 0 saturated carbocycles. The van der Waals surface area contributed by atoms with Crippen LogP contribution in [0.2, 0.25) is 0 Å². The lowest BCUT2D eigenvalue weighted by molar-refractivity contribution is 0.170. The molecule has 0 aliphatic heterocycles.